The average molecular weight is 396 g/mol. The Balaban J connectivity index is 0.00000361. The van der Waals surface area contributed by atoms with Crippen LogP contribution in [0.5, 0.6) is 0 Å². The molecule has 1 fully saturated rings. The third kappa shape index (κ3) is 9.80. The molecule has 0 aromatic rings. The molecule has 4 nitrogen and oxygen atoms in total. The van der Waals surface area contributed by atoms with E-state index in [4.69, 9.17) is 0 Å². The van der Waals surface area contributed by atoms with Crippen molar-refractivity contribution < 1.29 is 0 Å². The molecule has 1 aliphatic rings. The average Bonchev–Trinajstić information content (AvgIpc) is 2.94. The van der Waals surface area contributed by atoms with E-state index in [1.807, 2.05) is 7.05 Å². The van der Waals surface area contributed by atoms with Crippen molar-refractivity contribution in [3.63, 3.8) is 0 Å². The van der Waals surface area contributed by atoms with E-state index >= 15 is 0 Å². The molecule has 0 saturated carbocycles. The third-order valence-electron chi connectivity index (χ3n) is 3.69. The highest BCUT2D eigenvalue weighted by Gasteiger charge is 2.09. The number of hydrogen-bond donors (Lipinski definition) is 2. The van der Waals surface area contributed by atoms with Crippen LogP contribution in [0.25, 0.3) is 0 Å². The van der Waals surface area contributed by atoms with Gasteiger partial charge in [0, 0.05) is 20.1 Å². The van der Waals surface area contributed by atoms with Gasteiger partial charge >= 0.3 is 0 Å². The minimum Gasteiger partial charge on any atom is -0.356 e. The van der Waals surface area contributed by atoms with Crippen LogP contribution >= 0.6 is 24.0 Å². The molecule has 0 atom stereocenters. The fourth-order valence-electron chi connectivity index (χ4n) is 2.48. The quantitative estimate of drug-likeness (QED) is 0.273. The van der Waals surface area contributed by atoms with Crippen LogP contribution in [0.2, 0.25) is 0 Å². The van der Waals surface area contributed by atoms with E-state index in [0.29, 0.717) is 0 Å². The Labute approximate surface area is 142 Å². The van der Waals surface area contributed by atoms with Gasteiger partial charge in [0.15, 0.2) is 5.96 Å². The van der Waals surface area contributed by atoms with Crippen LogP contribution in [0, 0.1) is 0 Å². The van der Waals surface area contributed by atoms with Gasteiger partial charge in [-0.05, 0) is 51.7 Å². The summed E-state index contributed by atoms with van der Waals surface area (Å²) < 4.78 is 0. The monoisotopic (exact) mass is 396 g/mol. The van der Waals surface area contributed by atoms with Crippen molar-refractivity contribution >= 4 is 29.9 Å². The van der Waals surface area contributed by atoms with Crippen LogP contribution in [0.3, 0.4) is 0 Å². The number of aliphatic imine (C=N–C) groups is 1. The second-order valence-corrected chi connectivity index (χ2v) is 5.39. The first kappa shape index (κ1) is 20.0. The smallest absolute Gasteiger partial charge is 0.190 e. The Kier molecular flexibility index (Phi) is 13.9. The molecule has 2 N–H and O–H groups in total. The SMILES string of the molecule is CCCCCNC(=NC)NCCCCN1CCCC1.I. The van der Waals surface area contributed by atoms with Gasteiger partial charge in [-0.1, -0.05) is 19.8 Å². The molecule has 20 heavy (non-hydrogen) atoms. The van der Waals surface area contributed by atoms with Gasteiger partial charge in [-0.25, -0.2) is 0 Å². The molecule has 0 spiro atoms. The molecule has 5 heteroatoms. The highest BCUT2D eigenvalue weighted by atomic mass is 127. The summed E-state index contributed by atoms with van der Waals surface area (Å²) in [6.45, 7) is 8.18. The normalized spacial score (nSPS) is 16.0. The van der Waals surface area contributed by atoms with E-state index in [2.05, 4.69) is 27.4 Å². The van der Waals surface area contributed by atoms with Crippen molar-refractivity contribution in [2.24, 2.45) is 4.99 Å². The van der Waals surface area contributed by atoms with Gasteiger partial charge < -0.3 is 15.5 Å². The number of rotatable bonds is 9. The highest BCUT2D eigenvalue weighted by Crippen LogP contribution is 2.07. The molecular formula is C15H33IN4. The number of halogens is 1. The number of guanidine groups is 1. The van der Waals surface area contributed by atoms with E-state index in [1.165, 1.54) is 64.6 Å². The number of nitrogens with one attached hydrogen (secondary N) is 2. The van der Waals surface area contributed by atoms with Crippen molar-refractivity contribution in [3.8, 4) is 0 Å². The van der Waals surface area contributed by atoms with E-state index in [1.54, 1.807) is 0 Å². The topological polar surface area (TPSA) is 39.7 Å². The molecule has 0 aromatic heterocycles. The van der Waals surface area contributed by atoms with Gasteiger partial charge in [0.25, 0.3) is 0 Å². The molecule has 1 rings (SSSR count). The summed E-state index contributed by atoms with van der Waals surface area (Å²) in [5.41, 5.74) is 0. The zero-order valence-corrected chi connectivity index (χ0v) is 15.6. The van der Waals surface area contributed by atoms with Crippen LogP contribution in [0.1, 0.15) is 51.9 Å². The summed E-state index contributed by atoms with van der Waals surface area (Å²) in [4.78, 5) is 6.83. The summed E-state index contributed by atoms with van der Waals surface area (Å²) in [7, 11) is 1.85. The minimum atomic E-state index is 0. The second-order valence-electron chi connectivity index (χ2n) is 5.39. The van der Waals surface area contributed by atoms with Gasteiger partial charge in [-0.15, -0.1) is 24.0 Å². The van der Waals surface area contributed by atoms with Crippen LogP contribution in [-0.4, -0.2) is 50.6 Å². The molecule has 120 valence electrons. The summed E-state index contributed by atoms with van der Waals surface area (Å²) in [6, 6.07) is 0. The molecule has 0 amide bonds. The first-order valence-electron chi connectivity index (χ1n) is 8.03. The van der Waals surface area contributed by atoms with Crippen LogP contribution in [0.15, 0.2) is 4.99 Å². The van der Waals surface area contributed by atoms with Crippen LogP contribution in [-0.2, 0) is 0 Å². The van der Waals surface area contributed by atoms with Crippen molar-refractivity contribution in [3.05, 3.63) is 0 Å². The van der Waals surface area contributed by atoms with Gasteiger partial charge in [0.1, 0.15) is 0 Å². The Hall–Kier alpha value is -0.0400. The second kappa shape index (κ2) is 13.9. The number of nitrogens with zero attached hydrogens (tertiary/aromatic N) is 2. The molecule has 0 unspecified atom stereocenters. The van der Waals surface area contributed by atoms with Crippen molar-refractivity contribution in [2.75, 3.05) is 39.8 Å². The third-order valence-corrected chi connectivity index (χ3v) is 3.69. The molecule has 1 heterocycles. The summed E-state index contributed by atoms with van der Waals surface area (Å²) in [5, 5.41) is 6.76. The predicted octanol–water partition coefficient (Wildman–Crippen LogP) is 2.84. The van der Waals surface area contributed by atoms with Gasteiger partial charge in [0.2, 0.25) is 0 Å². The van der Waals surface area contributed by atoms with Crippen molar-refractivity contribution in [2.45, 2.75) is 51.9 Å². The van der Waals surface area contributed by atoms with Crippen LogP contribution in [0.4, 0.5) is 0 Å². The molecule has 0 radical (unpaired) electrons. The van der Waals surface area contributed by atoms with Gasteiger partial charge in [-0.2, -0.15) is 0 Å². The standard InChI is InChI=1S/C15H32N4.HI/c1-3-4-5-10-17-15(16-2)18-11-6-7-12-19-13-8-9-14-19;/h3-14H2,1-2H3,(H2,16,17,18);1H. The maximum atomic E-state index is 4.24. The molecular weight excluding hydrogens is 363 g/mol. The van der Waals surface area contributed by atoms with Gasteiger partial charge in [0.05, 0.1) is 0 Å². The van der Waals surface area contributed by atoms with Gasteiger partial charge in [-0.3, -0.25) is 4.99 Å². The number of likely N-dealkylation sites (tertiary alicyclic amines) is 1. The molecule has 0 aliphatic carbocycles. The van der Waals surface area contributed by atoms with E-state index < -0.39 is 0 Å². The minimum absolute atomic E-state index is 0. The zero-order chi connectivity index (χ0) is 13.8. The predicted molar refractivity (Wildman–Crippen MR) is 99.2 cm³/mol. The highest BCUT2D eigenvalue weighted by molar-refractivity contribution is 14.0. The largest absolute Gasteiger partial charge is 0.356 e. The van der Waals surface area contributed by atoms with Crippen molar-refractivity contribution in [1.29, 1.82) is 0 Å². The Morgan fingerprint density at radius 2 is 1.60 bits per heavy atom. The Bertz CT molecular complexity index is 240. The first-order chi connectivity index (χ1) is 9.36. The summed E-state index contributed by atoms with van der Waals surface area (Å²) in [5.74, 6) is 0.956. The fraction of sp³-hybridized carbons (Fsp3) is 0.933. The molecule has 0 bridgehead atoms. The molecule has 1 saturated heterocycles. The number of unbranched alkanes of at least 4 members (excludes halogenated alkanes) is 3. The summed E-state index contributed by atoms with van der Waals surface area (Å²) in [6.07, 6.45) is 9.10. The fourth-order valence-corrected chi connectivity index (χ4v) is 2.48. The first-order valence-corrected chi connectivity index (χ1v) is 8.03. The van der Waals surface area contributed by atoms with Crippen LogP contribution < -0.4 is 10.6 Å². The van der Waals surface area contributed by atoms with E-state index in [-0.39, 0.29) is 24.0 Å². The molecule has 1 aliphatic heterocycles. The lowest BCUT2D eigenvalue weighted by molar-refractivity contribution is 0.330. The molecule has 0 aromatic carbocycles. The Morgan fingerprint density at radius 1 is 1.00 bits per heavy atom. The lowest BCUT2D eigenvalue weighted by atomic mass is 10.2. The maximum absolute atomic E-state index is 4.24. The van der Waals surface area contributed by atoms with Crippen molar-refractivity contribution in [1.82, 2.24) is 15.5 Å². The summed E-state index contributed by atoms with van der Waals surface area (Å²) >= 11 is 0. The lowest BCUT2D eigenvalue weighted by Gasteiger charge is -2.15. The lowest BCUT2D eigenvalue weighted by Crippen LogP contribution is -2.38. The van der Waals surface area contributed by atoms with E-state index in [0.717, 1.165) is 19.0 Å². The maximum Gasteiger partial charge on any atom is 0.190 e. The van der Waals surface area contributed by atoms with E-state index in [9.17, 15) is 0 Å². The number of hydrogen-bond acceptors (Lipinski definition) is 2. The zero-order valence-electron chi connectivity index (χ0n) is 13.3. The Morgan fingerprint density at radius 3 is 2.15 bits per heavy atom.